The van der Waals surface area contributed by atoms with Gasteiger partial charge >= 0.3 is 5.97 Å². The van der Waals surface area contributed by atoms with Gasteiger partial charge in [-0.3, -0.25) is 14.5 Å². The number of phenolic OH excluding ortho intramolecular Hbond substituents is 1. The third-order valence-corrected chi connectivity index (χ3v) is 5.45. The summed E-state index contributed by atoms with van der Waals surface area (Å²) < 4.78 is 12.4. The van der Waals surface area contributed by atoms with E-state index in [1.807, 2.05) is 28.8 Å². The van der Waals surface area contributed by atoms with Gasteiger partial charge in [-0.2, -0.15) is 0 Å². The monoisotopic (exact) mass is 423 g/mol. The molecule has 0 aliphatic carbocycles. The largest absolute Gasteiger partial charge is 0.508 e. The fourth-order valence-electron chi connectivity index (χ4n) is 4.10. The molecule has 1 N–H and O–H groups in total. The van der Waals surface area contributed by atoms with Gasteiger partial charge in [0.2, 0.25) is 11.9 Å². The molecule has 0 radical (unpaired) electrons. The standard InChI is InChI=1S/C23H25N3O5/c1-3-31-22(29)19-20(15-9-11-16(27)12-10-15)26-18-8-5-4-7-17(18)24-23(26)25(21(19)28)13-6-14-30-2/h4-5,7-12,19-20,27H,3,6,13-14H2,1-2H3/t19-,20-/m0/s1. The van der Waals surface area contributed by atoms with Crippen molar-refractivity contribution in [1.82, 2.24) is 9.55 Å². The van der Waals surface area contributed by atoms with Gasteiger partial charge in [0.1, 0.15) is 5.75 Å². The molecule has 2 atom stereocenters. The quantitative estimate of drug-likeness (QED) is 0.357. The van der Waals surface area contributed by atoms with Crippen LogP contribution in [0.1, 0.15) is 24.9 Å². The summed E-state index contributed by atoms with van der Waals surface area (Å²) in [6, 6.07) is 13.5. The van der Waals surface area contributed by atoms with Crippen LogP contribution in [0.15, 0.2) is 48.5 Å². The second-order valence-corrected chi connectivity index (χ2v) is 7.37. The first-order valence-corrected chi connectivity index (χ1v) is 10.3. The zero-order valence-corrected chi connectivity index (χ0v) is 17.5. The van der Waals surface area contributed by atoms with Gasteiger partial charge in [-0.1, -0.05) is 24.3 Å². The molecule has 0 bridgehead atoms. The van der Waals surface area contributed by atoms with Crippen molar-refractivity contribution in [3.63, 3.8) is 0 Å². The molecule has 2 aromatic carbocycles. The van der Waals surface area contributed by atoms with E-state index in [-0.39, 0.29) is 18.3 Å². The molecule has 2 heterocycles. The molecule has 1 amide bonds. The van der Waals surface area contributed by atoms with Crippen LogP contribution < -0.4 is 4.90 Å². The normalized spacial score (nSPS) is 18.3. The predicted octanol–water partition coefficient (Wildman–Crippen LogP) is 2.89. The van der Waals surface area contributed by atoms with Gasteiger partial charge in [0, 0.05) is 20.3 Å². The van der Waals surface area contributed by atoms with Crippen LogP contribution >= 0.6 is 0 Å². The highest BCUT2D eigenvalue weighted by molar-refractivity contribution is 6.08. The Kier molecular flexibility index (Phi) is 5.90. The minimum atomic E-state index is -1.07. The fraction of sp³-hybridized carbons (Fsp3) is 0.348. The zero-order valence-electron chi connectivity index (χ0n) is 17.5. The lowest BCUT2D eigenvalue weighted by Crippen LogP contribution is -2.50. The van der Waals surface area contributed by atoms with Crippen LogP contribution in [-0.2, 0) is 19.1 Å². The van der Waals surface area contributed by atoms with Crippen LogP contribution in [0, 0.1) is 5.92 Å². The van der Waals surface area contributed by atoms with Gasteiger partial charge < -0.3 is 19.1 Å². The Hall–Kier alpha value is -3.39. The molecule has 0 spiro atoms. The molecule has 0 saturated heterocycles. The number of hydrogen-bond acceptors (Lipinski definition) is 6. The number of para-hydroxylation sites is 2. The van der Waals surface area contributed by atoms with Crippen molar-refractivity contribution >= 4 is 28.9 Å². The number of nitrogens with zero attached hydrogens (tertiary/aromatic N) is 3. The summed E-state index contributed by atoms with van der Waals surface area (Å²) in [5, 5.41) is 9.76. The summed E-state index contributed by atoms with van der Waals surface area (Å²) in [6.07, 6.45) is 0.602. The van der Waals surface area contributed by atoms with Crippen molar-refractivity contribution in [1.29, 1.82) is 0 Å². The number of amides is 1. The summed E-state index contributed by atoms with van der Waals surface area (Å²) in [5.74, 6) is -1.41. The number of imidazole rings is 1. The maximum Gasteiger partial charge on any atom is 0.321 e. The van der Waals surface area contributed by atoms with E-state index >= 15 is 0 Å². The van der Waals surface area contributed by atoms with Crippen LogP contribution in [0.4, 0.5) is 5.95 Å². The molecule has 0 unspecified atom stereocenters. The third kappa shape index (κ3) is 3.74. The number of carbonyl (C=O) groups excluding carboxylic acids is 2. The van der Waals surface area contributed by atoms with Crippen molar-refractivity contribution in [2.24, 2.45) is 5.92 Å². The van der Waals surface area contributed by atoms with Gasteiger partial charge in [0.15, 0.2) is 5.92 Å². The SMILES string of the molecule is CCOC(=O)[C@@H]1C(=O)N(CCCOC)c2nc3ccccc3n2[C@H]1c1ccc(O)cc1. The highest BCUT2D eigenvalue weighted by atomic mass is 16.5. The molecule has 1 aliphatic rings. The summed E-state index contributed by atoms with van der Waals surface area (Å²) in [6.45, 7) is 2.74. The molecular formula is C23H25N3O5. The number of anilines is 1. The van der Waals surface area contributed by atoms with Gasteiger partial charge in [-0.15, -0.1) is 0 Å². The summed E-state index contributed by atoms with van der Waals surface area (Å²) in [7, 11) is 1.61. The Labute approximate surface area is 180 Å². The number of fused-ring (bicyclic) bond motifs is 3. The van der Waals surface area contributed by atoms with E-state index in [0.717, 1.165) is 11.0 Å². The number of ether oxygens (including phenoxy) is 2. The van der Waals surface area contributed by atoms with Crippen molar-refractivity contribution < 1.29 is 24.2 Å². The van der Waals surface area contributed by atoms with Gasteiger partial charge in [0.05, 0.1) is 23.7 Å². The molecule has 4 rings (SSSR count). The van der Waals surface area contributed by atoms with Crippen molar-refractivity contribution in [2.45, 2.75) is 19.4 Å². The molecule has 1 aliphatic heterocycles. The summed E-state index contributed by atoms with van der Waals surface area (Å²) in [4.78, 5) is 32.9. The van der Waals surface area contributed by atoms with Gasteiger partial charge in [-0.25, -0.2) is 4.98 Å². The van der Waals surface area contributed by atoms with Gasteiger partial charge in [-0.05, 0) is 43.2 Å². The molecule has 1 aromatic heterocycles. The Bertz CT molecular complexity index is 1090. The first kappa shape index (κ1) is 20.9. The maximum absolute atomic E-state index is 13.6. The topological polar surface area (TPSA) is 93.9 Å². The molecular weight excluding hydrogens is 398 g/mol. The lowest BCUT2D eigenvalue weighted by molar-refractivity contribution is -0.153. The Morgan fingerprint density at radius 2 is 1.90 bits per heavy atom. The lowest BCUT2D eigenvalue weighted by atomic mass is 9.89. The minimum Gasteiger partial charge on any atom is -0.508 e. The summed E-state index contributed by atoms with van der Waals surface area (Å²) >= 11 is 0. The Balaban J connectivity index is 1.93. The van der Waals surface area contributed by atoms with Crippen LogP contribution in [0.25, 0.3) is 11.0 Å². The number of esters is 1. The average molecular weight is 423 g/mol. The van der Waals surface area contributed by atoms with Crippen molar-refractivity contribution in [2.75, 3.05) is 31.8 Å². The van der Waals surface area contributed by atoms with Crippen LogP contribution in [0.3, 0.4) is 0 Å². The number of carbonyl (C=O) groups is 2. The molecule has 0 saturated carbocycles. The maximum atomic E-state index is 13.6. The van der Waals surface area contributed by atoms with Crippen LogP contribution in [0.5, 0.6) is 5.75 Å². The first-order chi connectivity index (χ1) is 15.1. The van der Waals surface area contributed by atoms with E-state index in [4.69, 9.17) is 14.5 Å². The fourth-order valence-corrected chi connectivity index (χ4v) is 4.10. The van der Waals surface area contributed by atoms with Crippen molar-refractivity contribution in [3.05, 3.63) is 54.1 Å². The average Bonchev–Trinajstić information content (AvgIpc) is 3.15. The number of hydrogen-bond donors (Lipinski definition) is 1. The van der Waals surface area contributed by atoms with E-state index in [2.05, 4.69) is 0 Å². The molecule has 0 fully saturated rings. The summed E-state index contributed by atoms with van der Waals surface area (Å²) in [5.41, 5.74) is 2.26. The number of aromatic hydroxyl groups is 1. The van der Waals surface area contributed by atoms with Crippen molar-refractivity contribution in [3.8, 4) is 5.75 Å². The third-order valence-electron chi connectivity index (χ3n) is 5.45. The molecule has 162 valence electrons. The Morgan fingerprint density at radius 1 is 1.16 bits per heavy atom. The van der Waals surface area contributed by atoms with E-state index in [1.54, 1.807) is 43.2 Å². The molecule has 3 aromatic rings. The van der Waals surface area contributed by atoms with E-state index in [9.17, 15) is 14.7 Å². The zero-order chi connectivity index (χ0) is 22.0. The smallest absolute Gasteiger partial charge is 0.321 e. The molecule has 8 nitrogen and oxygen atoms in total. The number of rotatable bonds is 7. The number of phenols is 1. The highest BCUT2D eigenvalue weighted by Crippen LogP contribution is 2.41. The molecule has 8 heteroatoms. The van der Waals surface area contributed by atoms with E-state index < -0.39 is 17.9 Å². The number of methoxy groups -OCH3 is 1. The first-order valence-electron chi connectivity index (χ1n) is 10.3. The number of aromatic nitrogens is 2. The highest BCUT2D eigenvalue weighted by Gasteiger charge is 2.47. The molecule has 31 heavy (non-hydrogen) atoms. The number of benzene rings is 2. The van der Waals surface area contributed by atoms with Crippen LogP contribution in [0.2, 0.25) is 0 Å². The minimum absolute atomic E-state index is 0.107. The second kappa shape index (κ2) is 8.77. The Morgan fingerprint density at radius 3 is 2.61 bits per heavy atom. The van der Waals surface area contributed by atoms with Crippen LogP contribution in [-0.4, -0.2) is 53.4 Å². The lowest BCUT2D eigenvalue weighted by Gasteiger charge is -2.38. The van der Waals surface area contributed by atoms with E-state index in [0.29, 0.717) is 31.1 Å². The predicted molar refractivity (Wildman–Crippen MR) is 115 cm³/mol. The van der Waals surface area contributed by atoms with E-state index in [1.165, 1.54) is 0 Å². The second-order valence-electron chi connectivity index (χ2n) is 7.37. The van der Waals surface area contributed by atoms with Gasteiger partial charge in [0.25, 0.3) is 0 Å².